The van der Waals surface area contributed by atoms with Gasteiger partial charge in [-0.3, -0.25) is 0 Å². The highest BCUT2D eigenvalue weighted by Gasteiger charge is 2.12. The fourth-order valence-corrected chi connectivity index (χ4v) is 2.13. The van der Waals surface area contributed by atoms with Gasteiger partial charge in [0, 0.05) is 0 Å². The second kappa shape index (κ2) is 5.14. The molecule has 0 bridgehead atoms. The van der Waals surface area contributed by atoms with Crippen LogP contribution in [0.2, 0.25) is 0 Å². The number of hydrogen-bond acceptors (Lipinski definition) is 2. The maximum Gasteiger partial charge on any atom is 0.336 e. The summed E-state index contributed by atoms with van der Waals surface area (Å²) < 4.78 is 5.22. The molecule has 2 rings (SSSR count). The van der Waals surface area contributed by atoms with Crippen LogP contribution in [0.1, 0.15) is 21.5 Å². The molecule has 0 unspecified atom stereocenters. The number of ether oxygens (including phenoxy) is 1. The van der Waals surface area contributed by atoms with Crippen LogP contribution in [0.25, 0.3) is 11.1 Å². The molecule has 0 radical (unpaired) electrons. The van der Waals surface area contributed by atoms with E-state index >= 15 is 0 Å². The van der Waals surface area contributed by atoms with E-state index in [1.54, 1.807) is 13.2 Å². The van der Waals surface area contributed by atoms with Crippen molar-refractivity contribution in [3.63, 3.8) is 0 Å². The van der Waals surface area contributed by atoms with Gasteiger partial charge in [0.2, 0.25) is 0 Å². The molecular formula is C16H16O3. The van der Waals surface area contributed by atoms with Crippen LogP contribution in [-0.2, 0) is 0 Å². The number of aromatic carboxylic acids is 1. The van der Waals surface area contributed by atoms with Crippen LogP contribution < -0.4 is 4.74 Å². The van der Waals surface area contributed by atoms with Crippen molar-refractivity contribution < 1.29 is 14.6 Å². The van der Waals surface area contributed by atoms with Crippen LogP contribution >= 0.6 is 0 Å². The highest BCUT2D eigenvalue weighted by molar-refractivity contribution is 5.96. The Labute approximate surface area is 112 Å². The van der Waals surface area contributed by atoms with E-state index in [0.29, 0.717) is 5.56 Å². The summed E-state index contributed by atoms with van der Waals surface area (Å²) in [6.45, 7) is 3.83. The van der Waals surface area contributed by atoms with Crippen molar-refractivity contribution in [1.82, 2.24) is 0 Å². The molecule has 0 aromatic heterocycles. The highest BCUT2D eigenvalue weighted by Crippen LogP contribution is 2.29. The van der Waals surface area contributed by atoms with Crippen molar-refractivity contribution in [2.24, 2.45) is 0 Å². The van der Waals surface area contributed by atoms with Crippen molar-refractivity contribution >= 4 is 5.97 Å². The molecule has 0 aliphatic rings. The third-order valence-corrected chi connectivity index (χ3v) is 3.11. The Morgan fingerprint density at radius 3 is 2.42 bits per heavy atom. The average Bonchev–Trinajstić information content (AvgIpc) is 2.38. The summed E-state index contributed by atoms with van der Waals surface area (Å²) in [6.07, 6.45) is 0. The fourth-order valence-electron chi connectivity index (χ4n) is 2.13. The average molecular weight is 256 g/mol. The number of carboxylic acid groups (broad SMARTS) is 1. The van der Waals surface area contributed by atoms with Gasteiger partial charge in [0.15, 0.2) is 0 Å². The summed E-state index contributed by atoms with van der Waals surface area (Å²) in [7, 11) is 1.62. The van der Waals surface area contributed by atoms with E-state index < -0.39 is 5.97 Å². The first-order valence-electron chi connectivity index (χ1n) is 6.02. The third-order valence-electron chi connectivity index (χ3n) is 3.11. The zero-order valence-electron chi connectivity index (χ0n) is 11.2. The summed E-state index contributed by atoms with van der Waals surface area (Å²) >= 11 is 0. The number of hydrogen-bond donors (Lipinski definition) is 1. The monoisotopic (exact) mass is 256 g/mol. The van der Waals surface area contributed by atoms with Gasteiger partial charge in [0.05, 0.1) is 12.7 Å². The first-order chi connectivity index (χ1) is 9.02. The minimum atomic E-state index is -0.910. The molecule has 3 heteroatoms. The molecule has 3 nitrogen and oxygen atoms in total. The van der Waals surface area contributed by atoms with Crippen LogP contribution in [0.4, 0.5) is 0 Å². The zero-order valence-corrected chi connectivity index (χ0v) is 11.2. The molecule has 2 aromatic rings. The van der Waals surface area contributed by atoms with E-state index in [1.807, 2.05) is 44.2 Å². The lowest BCUT2D eigenvalue weighted by molar-refractivity contribution is 0.0697. The maximum atomic E-state index is 11.3. The molecule has 0 aliphatic carbocycles. The molecule has 0 spiro atoms. The van der Waals surface area contributed by atoms with Crippen molar-refractivity contribution in [3.8, 4) is 16.9 Å². The predicted octanol–water partition coefficient (Wildman–Crippen LogP) is 3.68. The standard InChI is InChI=1S/C16H16O3/c1-10-4-6-13(14(8-10)16(17)18)12-5-7-15(19-3)11(2)9-12/h4-9H,1-3H3,(H,17,18). The van der Waals surface area contributed by atoms with Gasteiger partial charge in [-0.25, -0.2) is 4.79 Å². The van der Waals surface area contributed by atoms with Gasteiger partial charge in [-0.15, -0.1) is 0 Å². The number of rotatable bonds is 3. The molecule has 0 aliphatic heterocycles. The molecular weight excluding hydrogens is 240 g/mol. The molecule has 2 aromatic carbocycles. The first kappa shape index (κ1) is 13.1. The number of carbonyl (C=O) groups is 1. The molecule has 0 saturated heterocycles. The Hall–Kier alpha value is -2.29. The van der Waals surface area contributed by atoms with Crippen LogP contribution in [0.3, 0.4) is 0 Å². The fraction of sp³-hybridized carbons (Fsp3) is 0.188. The van der Waals surface area contributed by atoms with Gasteiger partial charge >= 0.3 is 5.97 Å². The second-order valence-corrected chi connectivity index (χ2v) is 4.54. The topological polar surface area (TPSA) is 46.5 Å². The van der Waals surface area contributed by atoms with Gasteiger partial charge in [-0.2, -0.15) is 0 Å². The largest absolute Gasteiger partial charge is 0.496 e. The van der Waals surface area contributed by atoms with E-state index in [4.69, 9.17) is 4.74 Å². The Morgan fingerprint density at radius 1 is 1.11 bits per heavy atom. The molecule has 0 fully saturated rings. The lowest BCUT2D eigenvalue weighted by atomic mass is 9.96. The second-order valence-electron chi connectivity index (χ2n) is 4.54. The van der Waals surface area contributed by atoms with Gasteiger partial charge < -0.3 is 9.84 Å². The molecule has 98 valence electrons. The van der Waals surface area contributed by atoms with E-state index in [2.05, 4.69) is 0 Å². The maximum absolute atomic E-state index is 11.3. The van der Waals surface area contributed by atoms with E-state index in [-0.39, 0.29) is 0 Å². The minimum absolute atomic E-state index is 0.324. The van der Waals surface area contributed by atoms with Crippen molar-refractivity contribution in [3.05, 3.63) is 53.1 Å². The van der Waals surface area contributed by atoms with E-state index in [1.165, 1.54) is 0 Å². The Balaban J connectivity index is 2.58. The lowest BCUT2D eigenvalue weighted by Crippen LogP contribution is -2.00. The quantitative estimate of drug-likeness (QED) is 0.911. The SMILES string of the molecule is COc1ccc(-c2ccc(C)cc2C(=O)O)cc1C. The predicted molar refractivity (Wildman–Crippen MR) is 74.9 cm³/mol. The molecule has 0 heterocycles. The Kier molecular flexibility index (Phi) is 3.56. The number of methoxy groups -OCH3 is 1. The van der Waals surface area contributed by atoms with Crippen molar-refractivity contribution in [2.75, 3.05) is 7.11 Å². The van der Waals surface area contributed by atoms with Crippen LogP contribution in [-0.4, -0.2) is 18.2 Å². The number of aryl methyl sites for hydroxylation is 2. The van der Waals surface area contributed by atoms with Crippen LogP contribution in [0, 0.1) is 13.8 Å². The Morgan fingerprint density at radius 2 is 1.84 bits per heavy atom. The lowest BCUT2D eigenvalue weighted by Gasteiger charge is -2.10. The van der Waals surface area contributed by atoms with Gasteiger partial charge in [0.1, 0.15) is 5.75 Å². The van der Waals surface area contributed by atoms with Crippen LogP contribution in [0.15, 0.2) is 36.4 Å². The molecule has 1 N–H and O–H groups in total. The molecule has 0 saturated carbocycles. The van der Waals surface area contributed by atoms with Gasteiger partial charge in [0.25, 0.3) is 0 Å². The van der Waals surface area contributed by atoms with Gasteiger partial charge in [-0.1, -0.05) is 23.8 Å². The summed E-state index contributed by atoms with van der Waals surface area (Å²) in [5.41, 5.74) is 3.85. The summed E-state index contributed by atoms with van der Waals surface area (Å²) in [4.78, 5) is 11.3. The summed E-state index contributed by atoms with van der Waals surface area (Å²) in [5.74, 6) is -0.111. The smallest absolute Gasteiger partial charge is 0.336 e. The molecule has 19 heavy (non-hydrogen) atoms. The molecule has 0 atom stereocenters. The number of benzene rings is 2. The van der Waals surface area contributed by atoms with Crippen molar-refractivity contribution in [1.29, 1.82) is 0 Å². The third kappa shape index (κ3) is 2.60. The zero-order chi connectivity index (χ0) is 14.0. The van der Waals surface area contributed by atoms with Crippen LogP contribution in [0.5, 0.6) is 5.75 Å². The van der Waals surface area contributed by atoms with E-state index in [0.717, 1.165) is 28.0 Å². The Bertz CT molecular complexity index is 630. The summed E-state index contributed by atoms with van der Waals surface area (Å²) in [6, 6.07) is 11.1. The number of carboxylic acids is 1. The van der Waals surface area contributed by atoms with Gasteiger partial charge in [-0.05, 0) is 48.7 Å². The molecule has 0 amide bonds. The van der Waals surface area contributed by atoms with Crippen molar-refractivity contribution in [2.45, 2.75) is 13.8 Å². The normalized spacial score (nSPS) is 10.3. The summed E-state index contributed by atoms with van der Waals surface area (Å²) in [5, 5.41) is 9.30. The minimum Gasteiger partial charge on any atom is -0.496 e. The highest BCUT2D eigenvalue weighted by atomic mass is 16.5. The first-order valence-corrected chi connectivity index (χ1v) is 6.02. The van der Waals surface area contributed by atoms with E-state index in [9.17, 15) is 9.90 Å².